The van der Waals surface area contributed by atoms with Gasteiger partial charge in [0.05, 0.1) is 6.42 Å². The summed E-state index contributed by atoms with van der Waals surface area (Å²) in [6, 6.07) is 9.00. The van der Waals surface area contributed by atoms with Crippen LogP contribution in [0.2, 0.25) is 0 Å². The average molecular weight is 305 g/mol. The molecule has 0 aliphatic rings. The highest BCUT2D eigenvalue weighted by Crippen LogP contribution is 2.27. The Hall–Kier alpha value is -2.17. The number of ketones is 1. The Balaban J connectivity index is 2.57. The minimum absolute atomic E-state index is 0.00610. The van der Waals surface area contributed by atoms with E-state index in [1.54, 1.807) is 19.2 Å². The minimum Gasteiger partial charge on any atom is -0.481 e. The van der Waals surface area contributed by atoms with E-state index < -0.39 is 11.4 Å². The molecule has 22 heavy (non-hydrogen) atoms. The summed E-state index contributed by atoms with van der Waals surface area (Å²) in [7, 11) is 1.58. The second-order valence-corrected chi connectivity index (χ2v) is 6.27. The van der Waals surface area contributed by atoms with Crippen LogP contribution in [0.25, 0.3) is 0 Å². The van der Waals surface area contributed by atoms with E-state index in [9.17, 15) is 14.4 Å². The first-order valence-corrected chi connectivity index (χ1v) is 7.25. The van der Waals surface area contributed by atoms with E-state index in [-0.39, 0.29) is 37.5 Å². The van der Waals surface area contributed by atoms with Gasteiger partial charge in [0.1, 0.15) is 0 Å². The number of rotatable bonds is 8. The van der Waals surface area contributed by atoms with Crippen molar-refractivity contribution in [1.29, 1.82) is 0 Å². The Morgan fingerprint density at radius 3 is 2.23 bits per heavy atom. The fraction of sp³-hybridized carbons (Fsp3) is 0.471. The maximum Gasteiger partial charge on any atom is 0.305 e. The van der Waals surface area contributed by atoms with E-state index in [4.69, 9.17) is 5.11 Å². The van der Waals surface area contributed by atoms with Gasteiger partial charge < -0.3 is 10.0 Å². The average Bonchev–Trinajstić information content (AvgIpc) is 2.44. The first-order chi connectivity index (χ1) is 10.2. The van der Waals surface area contributed by atoms with Crippen LogP contribution in [-0.2, 0) is 9.59 Å². The van der Waals surface area contributed by atoms with E-state index in [0.717, 1.165) is 0 Å². The molecule has 120 valence electrons. The molecule has 1 aromatic rings. The number of nitrogens with zero attached hydrogens (tertiary/aromatic N) is 1. The standard InChI is InChI=1S/C17H23NO4/c1-17(2,11-14(19)13-7-5-4-6-8-13)12-15(20)18(3)10-9-16(21)22/h4-8H,9-12H2,1-3H3,(H,21,22). The maximum atomic E-state index is 12.2. The predicted octanol–water partition coefficient (Wildman–Crippen LogP) is 2.61. The fourth-order valence-corrected chi connectivity index (χ4v) is 2.16. The normalized spacial score (nSPS) is 11.0. The maximum absolute atomic E-state index is 12.2. The molecule has 1 amide bonds. The molecule has 1 N–H and O–H groups in total. The summed E-state index contributed by atoms with van der Waals surface area (Å²) >= 11 is 0. The van der Waals surface area contributed by atoms with Crippen LogP contribution in [0.3, 0.4) is 0 Å². The van der Waals surface area contributed by atoms with Crippen LogP contribution >= 0.6 is 0 Å². The molecular weight excluding hydrogens is 282 g/mol. The summed E-state index contributed by atoms with van der Waals surface area (Å²) < 4.78 is 0. The Bertz CT molecular complexity index is 537. The molecule has 0 atom stereocenters. The second kappa shape index (κ2) is 7.73. The first kappa shape index (κ1) is 17.9. The SMILES string of the molecule is CN(CCC(=O)O)C(=O)CC(C)(C)CC(=O)c1ccccc1. The van der Waals surface area contributed by atoms with Gasteiger partial charge in [0.2, 0.25) is 5.91 Å². The summed E-state index contributed by atoms with van der Waals surface area (Å²) in [5.74, 6) is -1.07. The number of hydrogen-bond donors (Lipinski definition) is 1. The predicted molar refractivity (Wildman–Crippen MR) is 83.7 cm³/mol. The molecule has 1 rings (SSSR count). The lowest BCUT2D eigenvalue weighted by molar-refractivity contribution is -0.138. The molecule has 0 unspecified atom stereocenters. The number of hydrogen-bond acceptors (Lipinski definition) is 3. The highest BCUT2D eigenvalue weighted by atomic mass is 16.4. The number of carbonyl (C=O) groups excluding carboxylic acids is 2. The summed E-state index contributed by atoms with van der Waals surface area (Å²) in [5.41, 5.74) is 0.170. The van der Waals surface area contributed by atoms with Crippen molar-refractivity contribution in [2.24, 2.45) is 5.41 Å². The fourth-order valence-electron chi connectivity index (χ4n) is 2.16. The van der Waals surface area contributed by atoms with Gasteiger partial charge in [-0.1, -0.05) is 44.2 Å². The number of carboxylic acids is 1. The van der Waals surface area contributed by atoms with Crippen LogP contribution in [0.1, 0.15) is 43.5 Å². The number of carbonyl (C=O) groups is 3. The van der Waals surface area contributed by atoms with Gasteiger partial charge in [-0.25, -0.2) is 0 Å². The lowest BCUT2D eigenvalue weighted by Crippen LogP contribution is -2.33. The third-order valence-corrected chi connectivity index (χ3v) is 3.45. The highest BCUT2D eigenvalue weighted by Gasteiger charge is 2.27. The topological polar surface area (TPSA) is 74.7 Å². The lowest BCUT2D eigenvalue weighted by atomic mass is 9.82. The Morgan fingerprint density at radius 2 is 1.68 bits per heavy atom. The van der Waals surface area contributed by atoms with Crippen molar-refractivity contribution in [3.05, 3.63) is 35.9 Å². The van der Waals surface area contributed by atoms with E-state index in [2.05, 4.69) is 0 Å². The molecule has 0 bridgehead atoms. The molecule has 0 saturated heterocycles. The van der Waals surface area contributed by atoms with Gasteiger partial charge in [0.25, 0.3) is 0 Å². The Morgan fingerprint density at radius 1 is 1.09 bits per heavy atom. The number of amides is 1. The molecule has 0 heterocycles. The van der Waals surface area contributed by atoms with Gasteiger partial charge in [0.15, 0.2) is 5.78 Å². The summed E-state index contributed by atoms with van der Waals surface area (Å²) in [6.45, 7) is 3.92. The zero-order valence-electron chi connectivity index (χ0n) is 13.3. The molecule has 0 fully saturated rings. The summed E-state index contributed by atoms with van der Waals surface area (Å²) in [4.78, 5) is 36.3. The van der Waals surface area contributed by atoms with Crippen LogP contribution in [0.5, 0.6) is 0 Å². The number of benzene rings is 1. The highest BCUT2D eigenvalue weighted by molar-refractivity contribution is 5.96. The van der Waals surface area contributed by atoms with Crippen LogP contribution < -0.4 is 0 Å². The third kappa shape index (κ3) is 6.08. The van der Waals surface area contributed by atoms with E-state index in [1.807, 2.05) is 32.0 Å². The number of aliphatic carboxylic acids is 1. The van der Waals surface area contributed by atoms with Crippen molar-refractivity contribution >= 4 is 17.7 Å². The summed E-state index contributed by atoms with van der Waals surface area (Å²) in [5, 5.41) is 8.64. The molecule has 0 radical (unpaired) electrons. The second-order valence-electron chi connectivity index (χ2n) is 6.27. The van der Waals surface area contributed by atoms with Crippen molar-refractivity contribution in [3.8, 4) is 0 Å². The Kier molecular flexibility index (Phi) is 6.28. The monoisotopic (exact) mass is 305 g/mol. The van der Waals surface area contributed by atoms with E-state index in [1.165, 1.54) is 4.90 Å². The molecule has 0 aromatic heterocycles. The minimum atomic E-state index is -0.932. The van der Waals surface area contributed by atoms with Gasteiger partial charge >= 0.3 is 5.97 Å². The molecule has 0 spiro atoms. The van der Waals surface area contributed by atoms with E-state index >= 15 is 0 Å². The molecule has 0 saturated carbocycles. The molecule has 5 heteroatoms. The molecule has 5 nitrogen and oxygen atoms in total. The zero-order valence-corrected chi connectivity index (χ0v) is 13.3. The van der Waals surface area contributed by atoms with Gasteiger partial charge in [-0.2, -0.15) is 0 Å². The van der Waals surface area contributed by atoms with Crippen molar-refractivity contribution < 1.29 is 19.5 Å². The van der Waals surface area contributed by atoms with Crippen LogP contribution in [-0.4, -0.2) is 41.3 Å². The van der Waals surface area contributed by atoms with Crippen LogP contribution in [0, 0.1) is 5.41 Å². The quantitative estimate of drug-likeness (QED) is 0.749. The number of Topliss-reactive ketones (excluding diaryl/α,β-unsaturated/α-hetero) is 1. The Labute approximate surface area is 130 Å². The van der Waals surface area contributed by atoms with Gasteiger partial charge in [0, 0.05) is 32.0 Å². The first-order valence-electron chi connectivity index (χ1n) is 7.25. The van der Waals surface area contributed by atoms with Crippen LogP contribution in [0.4, 0.5) is 0 Å². The lowest BCUT2D eigenvalue weighted by Gasteiger charge is -2.26. The molecule has 0 aliphatic heterocycles. The molecular formula is C17H23NO4. The van der Waals surface area contributed by atoms with Gasteiger partial charge in [-0.15, -0.1) is 0 Å². The van der Waals surface area contributed by atoms with E-state index in [0.29, 0.717) is 5.56 Å². The van der Waals surface area contributed by atoms with Crippen molar-refractivity contribution in [2.75, 3.05) is 13.6 Å². The van der Waals surface area contributed by atoms with Crippen molar-refractivity contribution in [2.45, 2.75) is 33.1 Å². The summed E-state index contributed by atoms with van der Waals surface area (Å²) in [6.07, 6.45) is 0.406. The zero-order chi connectivity index (χ0) is 16.8. The van der Waals surface area contributed by atoms with Crippen LogP contribution in [0.15, 0.2) is 30.3 Å². The smallest absolute Gasteiger partial charge is 0.305 e. The molecule has 0 aliphatic carbocycles. The molecule has 1 aromatic carbocycles. The number of carboxylic acid groups (broad SMARTS) is 1. The third-order valence-electron chi connectivity index (χ3n) is 3.45. The van der Waals surface area contributed by atoms with Gasteiger partial charge in [-0.05, 0) is 5.41 Å². The van der Waals surface area contributed by atoms with Crippen molar-refractivity contribution in [3.63, 3.8) is 0 Å². The van der Waals surface area contributed by atoms with Gasteiger partial charge in [-0.3, -0.25) is 14.4 Å². The van der Waals surface area contributed by atoms with Crippen molar-refractivity contribution in [1.82, 2.24) is 4.90 Å². The largest absolute Gasteiger partial charge is 0.481 e.